The zero-order valence-electron chi connectivity index (χ0n) is 8.36. The molecule has 1 heterocycles. The van der Waals surface area contributed by atoms with Crippen LogP contribution in [0.2, 0.25) is 0 Å². The lowest BCUT2D eigenvalue weighted by Crippen LogP contribution is -2.66. The first-order chi connectivity index (χ1) is 4.86. The Morgan fingerprint density at radius 3 is 1.64 bits per heavy atom. The quantitative estimate of drug-likeness (QED) is 0.564. The summed E-state index contributed by atoms with van der Waals surface area (Å²) in [5, 5.41) is 3.45. The first-order valence-corrected chi connectivity index (χ1v) is 4.31. The standard InChI is InChI=1S/C9H20N2/c1-8(2)6-10-7-9(3,4)11(8)5/h10H,6-7H2,1-5H3. The molecule has 11 heavy (non-hydrogen) atoms. The molecule has 1 saturated heterocycles. The van der Waals surface area contributed by atoms with E-state index in [9.17, 15) is 0 Å². The Bertz CT molecular complexity index is 134. The van der Waals surface area contributed by atoms with Crippen LogP contribution in [0.25, 0.3) is 0 Å². The van der Waals surface area contributed by atoms with Crippen LogP contribution in [0.4, 0.5) is 0 Å². The zero-order chi connectivity index (χ0) is 8.70. The van der Waals surface area contributed by atoms with Gasteiger partial charge in [-0.2, -0.15) is 0 Å². The van der Waals surface area contributed by atoms with Crippen LogP contribution >= 0.6 is 0 Å². The van der Waals surface area contributed by atoms with Crippen LogP contribution in [0, 0.1) is 0 Å². The summed E-state index contributed by atoms with van der Waals surface area (Å²) in [6.45, 7) is 11.3. The van der Waals surface area contributed by atoms with Crippen LogP contribution in [0.3, 0.4) is 0 Å². The molecule has 0 atom stereocenters. The van der Waals surface area contributed by atoms with Crippen molar-refractivity contribution in [1.29, 1.82) is 0 Å². The van der Waals surface area contributed by atoms with Crippen molar-refractivity contribution in [1.82, 2.24) is 10.2 Å². The van der Waals surface area contributed by atoms with Gasteiger partial charge in [0.05, 0.1) is 0 Å². The van der Waals surface area contributed by atoms with Gasteiger partial charge in [0.2, 0.25) is 0 Å². The normalized spacial score (nSPS) is 30.3. The van der Waals surface area contributed by atoms with Crippen molar-refractivity contribution in [2.24, 2.45) is 0 Å². The summed E-state index contributed by atoms with van der Waals surface area (Å²) in [6.07, 6.45) is 0. The second-order valence-corrected chi connectivity index (χ2v) is 4.79. The third-order valence-corrected chi connectivity index (χ3v) is 2.93. The molecule has 0 amide bonds. The van der Waals surface area contributed by atoms with Crippen molar-refractivity contribution >= 4 is 0 Å². The average Bonchev–Trinajstić information content (AvgIpc) is 1.82. The summed E-state index contributed by atoms with van der Waals surface area (Å²) in [4.78, 5) is 2.45. The molecule has 0 bridgehead atoms. The van der Waals surface area contributed by atoms with E-state index in [1.54, 1.807) is 0 Å². The van der Waals surface area contributed by atoms with E-state index < -0.39 is 0 Å². The highest BCUT2D eigenvalue weighted by Gasteiger charge is 2.38. The summed E-state index contributed by atoms with van der Waals surface area (Å²) in [5.74, 6) is 0. The minimum absolute atomic E-state index is 0.293. The lowest BCUT2D eigenvalue weighted by atomic mass is 9.90. The van der Waals surface area contributed by atoms with E-state index in [0.717, 1.165) is 13.1 Å². The highest BCUT2D eigenvalue weighted by Crippen LogP contribution is 2.25. The molecule has 1 N–H and O–H groups in total. The van der Waals surface area contributed by atoms with E-state index in [4.69, 9.17) is 0 Å². The van der Waals surface area contributed by atoms with Crippen molar-refractivity contribution < 1.29 is 0 Å². The van der Waals surface area contributed by atoms with Crippen LogP contribution in [-0.2, 0) is 0 Å². The lowest BCUT2D eigenvalue weighted by molar-refractivity contribution is 0.0127. The van der Waals surface area contributed by atoms with Gasteiger partial charge in [-0.05, 0) is 34.7 Å². The first kappa shape index (κ1) is 9.01. The third-order valence-electron chi connectivity index (χ3n) is 2.93. The van der Waals surface area contributed by atoms with Crippen LogP contribution in [0.1, 0.15) is 27.7 Å². The number of likely N-dealkylation sites (N-methyl/N-ethyl adjacent to an activating group) is 1. The largest absolute Gasteiger partial charge is 0.313 e. The van der Waals surface area contributed by atoms with Gasteiger partial charge in [0, 0.05) is 24.2 Å². The maximum atomic E-state index is 3.45. The van der Waals surface area contributed by atoms with Crippen molar-refractivity contribution in [3.8, 4) is 0 Å². The van der Waals surface area contributed by atoms with E-state index >= 15 is 0 Å². The van der Waals surface area contributed by atoms with E-state index in [0.29, 0.717) is 11.1 Å². The molecule has 0 aromatic heterocycles. The summed E-state index contributed by atoms with van der Waals surface area (Å²) in [6, 6.07) is 0. The summed E-state index contributed by atoms with van der Waals surface area (Å²) < 4.78 is 0. The van der Waals surface area contributed by atoms with Gasteiger partial charge in [-0.15, -0.1) is 0 Å². The highest BCUT2D eigenvalue weighted by molar-refractivity contribution is 4.97. The van der Waals surface area contributed by atoms with Gasteiger partial charge in [-0.25, -0.2) is 0 Å². The SMILES string of the molecule is CN1C(C)(C)CNCC1(C)C. The fraction of sp³-hybridized carbons (Fsp3) is 1.00. The molecule has 0 aromatic rings. The number of piperazine rings is 1. The lowest BCUT2D eigenvalue weighted by Gasteiger charge is -2.51. The molecular formula is C9H20N2. The number of rotatable bonds is 0. The molecule has 2 nitrogen and oxygen atoms in total. The predicted molar refractivity (Wildman–Crippen MR) is 48.8 cm³/mol. The molecule has 0 spiro atoms. The fourth-order valence-corrected chi connectivity index (χ4v) is 1.73. The third kappa shape index (κ3) is 1.57. The highest BCUT2D eigenvalue weighted by atomic mass is 15.3. The second-order valence-electron chi connectivity index (χ2n) is 4.79. The van der Waals surface area contributed by atoms with Crippen molar-refractivity contribution in [2.75, 3.05) is 20.1 Å². The summed E-state index contributed by atoms with van der Waals surface area (Å²) in [7, 11) is 2.21. The molecule has 0 aromatic carbocycles. The van der Waals surface area contributed by atoms with Crippen molar-refractivity contribution in [2.45, 2.75) is 38.8 Å². The van der Waals surface area contributed by atoms with Gasteiger partial charge in [-0.3, -0.25) is 4.90 Å². The predicted octanol–water partition coefficient (Wildman–Crippen LogP) is 1.08. The monoisotopic (exact) mass is 156 g/mol. The molecule has 1 fully saturated rings. The molecule has 1 rings (SSSR count). The molecule has 0 radical (unpaired) electrons. The first-order valence-electron chi connectivity index (χ1n) is 4.31. The average molecular weight is 156 g/mol. The van der Waals surface area contributed by atoms with Gasteiger partial charge in [0.1, 0.15) is 0 Å². The Kier molecular flexibility index (Phi) is 2.01. The van der Waals surface area contributed by atoms with Crippen molar-refractivity contribution in [3.05, 3.63) is 0 Å². The fourth-order valence-electron chi connectivity index (χ4n) is 1.73. The van der Waals surface area contributed by atoms with Gasteiger partial charge < -0.3 is 5.32 Å². The van der Waals surface area contributed by atoms with Crippen LogP contribution in [0.15, 0.2) is 0 Å². The summed E-state index contributed by atoms with van der Waals surface area (Å²) in [5.41, 5.74) is 0.587. The Morgan fingerprint density at radius 1 is 1.00 bits per heavy atom. The number of hydrogen-bond donors (Lipinski definition) is 1. The molecular weight excluding hydrogens is 136 g/mol. The molecule has 0 saturated carbocycles. The van der Waals surface area contributed by atoms with E-state index in [-0.39, 0.29) is 0 Å². The number of nitrogens with one attached hydrogen (secondary N) is 1. The number of hydrogen-bond acceptors (Lipinski definition) is 2. The minimum Gasteiger partial charge on any atom is -0.313 e. The van der Waals surface area contributed by atoms with E-state index in [1.807, 2.05) is 0 Å². The van der Waals surface area contributed by atoms with Gasteiger partial charge in [-0.1, -0.05) is 0 Å². The molecule has 66 valence electrons. The number of nitrogens with zero attached hydrogens (tertiary/aromatic N) is 1. The van der Waals surface area contributed by atoms with Crippen LogP contribution < -0.4 is 5.32 Å². The van der Waals surface area contributed by atoms with Gasteiger partial charge >= 0.3 is 0 Å². The second kappa shape index (κ2) is 2.46. The van der Waals surface area contributed by atoms with E-state index in [1.165, 1.54) is 0 Å². The molecule has 0 unspecified atom stereocenters. The topological polar surface area (TPSA) is 15.3 Å². The molecule has 0 aliphatic carbocycles. The van der Waals surface area contributed by atoms with Crippen LogP contribution in [0.5, 0.6) is 0 Å². The smallest absolute Gasteiger partial charge is 0.0280 e. The Balaban J connectivity index is 2.76. The zero-order valence-corrected chi connectivity index (χ0v) is 8.36. The maximum absolute atomic E-state index is 3.45. The Morgan fingerprint density at radius 2 is 1.36 bits per heavy atom. The summed E-state index contributed by atoms with van der Waals surface area (Å²) >= 11 is 0. The van der Waals surface area contributed by atoms with Gasteiger partial charge in [0.15, 0.2) is 0 Å². The molecule has 1 aliphatic rings. The minimum atomic E-state index is 0.293. The van der Waals surface area contributed by atoms with Crippen LogP contribution in [-0.4, -0.2) is 36.1 Å². The Labute approximate surface area is 70.0 Å². The van der Waals surface area contributed by atoms with E-state index in [2.05, 4.69) is 45.0 Å². The van der Waals surface area contributed by atoms with Gasteiger partial charge in [0.25, 0.3) is 0 Å². The molecule has 2 heteroatoms. The Hall–Kier alpha value is -0.0800. The molecule has 1 aliphatic heterocycles. The maximum Gasteiger partial charge on any atom is 0.0280 e. The van der Waals surface area contributed by atoms with Crippen molar-refractivity contribution in [3.63, 3.8) is 0 Å².